The van der Waals surface area contributed by atoms with Crippen molar-refractivity contribution < 1.29 is 9.53 Å². The van der Waals surface area contributed by atoms with Gasteiger partial charge in [0.2, 0.25) is 0 Å². The van der Waals surface area contributed by atoms with E-state index in [0.29, 0.717) is 13.1 Å². The van der Waals surface area contributed by atoms with Crippen molar-refractivity contribution in [1.82, 2.24) is 9.80 Å². The minimum Gasteiger partial charge on any atom is -0.444 e. The second-order valence-corrected chi connectivity index (χ2v) is 6.26. The zero-order chi connectivity index (χ0) is 15.3. The Morgan fingerprint density at radius 2 is 1.85 bits per heavy atom. The number of hydrogen-bond acceptors (Lipinski definition) is 4. The highest BCUT2D eigenvalue weighted by atomic mass is 16.6. The van der Waals surface area contributed by atoms with Gasteiger partial charge in [-0.3, -0.25) is 10.3 Å². The number of nitrogens with zero attached hydrogens (tertiary/aromatic N) is 2. The first kappa shape index (κ1) is 16.8. The molecule has 1 saturated heterocycles. The number of carbonyl (C=O) groups is 1. The van der Waals surface area contributed by atoms with E-state index in [1.165, 1.54) is 0 Å². The molecule has 1 fully saturated rings. The van der Waals surface area contributed by atoms with Crippen LogP contribution < -0.4 is 5.73 Å². The summed E-state index contributed by atoms with van der Waals surface area (Å²) in [5.41, 5.74) is 5.21. The summed E-state index contributed by atoms with van der Waals surface area (Å²) < 4.78 is 5.37. The Balaban J connectivity index is 2.50. The van der Waals surface area contributed by atoms with Crippen molar-refractivity contribution in [3.8, 4) is 0 Å². The van der Waals surface area contributed by atoms with Crippen LogP contribution in [0, 0.1) is 5.41 Å². The van der Waals surface area contributed by atoms with Crippen LogP contribution in [-0.4, -0.2) is 59.6 Å². The first-order valence-electron chi connectivity index (χ1n) is 7.30. The molecule has 1 aliphatic heterocycles. The van der Waals surface area contributed by atoms with Crippen LogP contribution in [-0.2, 0) is 4.74 Å². The maximum Gasteiger partial charge on any atom is 0.410 e. The van der Waals surface area contributed by atoms with Gasteiger partial charge < -0.3 is 15.4 Å². The van der Waals surface area contributed by atoms with Crippen LogP contribution in [0.4, 0.5) is 4.79 Å². The molecule has 1 aliphatic rings. The molecule has 0 aliphatic carbocycles. The molecule has 1 rings (SSSR count). The fourth-order valence-electron chi connectivity index (χ4n) is 2.35. The lowest BCUT2D eigenvalue weighted by atomic mass is 10.1. The van der Waals surface area contributed by atoms with E-state index in [0.717, 1.165) is 25.9 Å². The maximum atomic E-state index is 12.0. The van der Waals surface area contributed by atoms with Crippen LogP contribution in [0.3, 0.4) is 0 Å². The summed E-state index contributed by atoms with van der Waals surface area (Å²) >= 11 is 0. The maximum absolute atomic E-state index is 12.0. The highest BCUT2D eigenvalue weighted by Gasteiger charge is 2.29. The lowest BCUT2D eigenvalue weighted by molar-refractivity contribution is 0.0126. The van der Waals surface area contributed by atoms with Crippen molar-refractivity contribution in [2.75, 3.05) is 26.2 Å². The molecule has 116 valence electrons. The average Bonchev–Trinajstić information content (AvgIpc) is 2.33. The van der Waals surface area contributed by atoms with Gasteiger partial charge in [-0.15, -0.1) is 0 Å². The topological polar surface area (TPSA) is 82.7 Å². The summed E-state index contributed by atoms with van der Waals surface area (Å²) in [7, 11) is 0. The van der Waals surface area contributed by atoms with E-state index in [1.54, 1.807) is 4.90 Å². The van der Waals surface area contributed by atoms with Gasteiger partial charge in [-0.25, -0.2) is 4.79 Å². The number of rotatable bonds is 4. The number of nitrogens with two attached hydrogens (primary N) is 1. The van der Waals surface area contributed by atoms with E-state index in [4.69, 9.17) is 15.9 Å². The van der Waals surface area contributed by atoms with E-state index in [9.17, 15) is 4.79 Å². The zero-order valence-electron chi connectivity index (χ0n) is 13.1. The molecule has 1 amide bonds. The molecule has 1 atom stereocenters. The minimum absolute atomic E-state index is 0.000728. The van der Waals surface area contributed by atoms with Gasteiger partial charge in [-0.1, -0.05) is 13.3 Å². The van der Waals surface area contributed by atoms with E-state index in [-0.39, 0.29) is 18.0 Å². The molecule has 6 heteroatoms. The Bertz CT molecular complexity index is 344. The SMILES string of the molecule is CCCC(C(=N)N)N1CCN(C(=O)OC(C)(C)C)CC1. The summed E-state index contributed by atoms with van der Waals surface area (Å²) in [6.45, 7) is 10.4. The molecule has 0 aromatic heterocycles. The number of amides is 1. The molecular formula is C14H28N4O2. The molecule has 0 spiro atoms. The standard InChI is InChI=1S/C14H28N4O2/c1-5-6-11(12(15)16)17-7-9-18(10-8-17)13(19)20-14(2,3)4/h11H,5-10H2,1-4H3,(H3,15,16). The molecule has 0 bridgehead atoms. The summed E-state index contributed by atoms with van der Waals surface area (Å²) in [4.78, 5) is 15.9. The Morgan fingerprint density at radius 3 is 2.25 bits per heavy atom. The Morgan fingerprint density at radius 1 is 1.30 bits per heavy atom. The van der Waals surface area contributed by atoms with Gasteiger partial charge in [-0.05, 0) is 27.2 Å². The lowest BCUT2D eigenvalue weighted by Crippen LogP contribution is -2.55. The molecule has 3 N–H and O–H groups in total. The number of hydrogen-bond donors (Lipinski definition) is 2. The molecular weight excluding hydrogens is 256 g/mol. The molecule has 20 heavy (non-hydrogen) atoms. The van der Waals surface area contributed by atoms with Gasteiger partial charge in [-0.2, -0.15) is 0 Å². The van der Waals surface area contributed by atoms with E-state index in [1.807, 2.05) is 20.8 Å². The first-order chi connectivity index (χ1) is 9.24. The second kappa shape index (κ2) is 6.92. The van der Waals surface area contributed by atoms with Crippen LogP contribution in [0.1, 0.15) is 40.5 Å². The van der Waals surface area contributed by atoms with Crippen LogP contribution in [0.15, 0.2) is 0 Å². The Labute approximate surface area is 121 Å². The normalized spacial score (nSPS) is 18.7. The van der Waals surface area contributed by atoms with Crippen molar-refractivity contribution in [3.63, 3.8) is 0 Å². The van der Waals surface area contributed by atoms with Gasteiger partial charge in [0.05, 0.1) is 6.04 Å². The van der Waals surface area contributed by atoms with Crippen molar-refractivity contribution in [2.24, 2.45) is 5.73 Å². The van der Waals surface area contributed by atoms with Crippen molar-refractivity contribution in [3.05, 3.63) is 0 Å². The molecule has 6 nitrogen and oxygen atoms in total. The molecule has 0 aromatic rings. The van der Waals surface area contributed by atoms with Gasteiger partial charge in [0.15, 0.2) is 0 Å². The average molecular weight is 284 g/mol. The Hall–Kier alpha value is -1.30. The number of amidine groups is 1. The Kier molecular flexibility index (Phi) is 5.80. The molecule has 0 saturated carbocycles. The third kappa shape index (κ3) is 5.00. The van der Waals surface area contributed by atoms with Crippen LogP contribution in [0.2, 0.25) is 0 Å². The number of nitrogens with one attached hydrogen (secondary N) is 1. The zero-order valence-corrected chi connectivity index (χ0v) is 13.1. The summed E-state index contributed by atoms with van der Waals surface area (Å²) in [6, 6.07) is 0.000728. The lowest BCUT2D eigenvalue weighted by Gasteiger charge is -2.39. The molecule has 1 unspecified atom stereocenters. The highest BCUT2D eigenvalue weighted by molar-refractivity contribution is 5.82. The predicted octanol–water partition coefficient (Wildman–Crippen LogP) is 1.64. The van der Waals surface area contributed by atoms with E-state index < -0.39 is 5.60 Å². The number of carbonyl (C=O) groups excluding carboxylic acids is 1. The van der Waals surface area contributed by atoms with Crippen molar-refractivity contribution in [2.45, 2.75) is 52.2 Å². The monoisotopic (exact) mass is 284 g/mol. The van der Waals surface area contributed by atoms with E-state index in [2.05, 4.69) is 11.8 Å². The molecule has 1 heterocycles. The minimum atomic E-state index is -0.460. The number of ether oxygens (including phenoxy) is 1. The fraction of sp³-hybridized carbons (Fsp3) is 0.857. The van der Waals surface area contributed by atoms with Gasteiger partial charge in [0.1, 0.15) is 11.4 Å². The predicted molar refractivity (Wildman–Crippen MR) is 80.0 cm³/mol. The smallest absolute Gasteiger partial charge is 0.410 e. The van der Waals surface area contributed by atoms with Gasteiger partial charge in [0, 0.05) is 26.2 Å². The third-order valence-corrected chi connectivity index (χ3v) is 3.33. The summed E-state index contributed by atoms with van der Waals surface area (Å²) in [5, 5.41) is 7.67. The fourth-order valence-corrected chi connectivity index (χ4v) is 2.35. The largest absolute Gasteiger partial charge is 0.444 e. The van der Waals surface area contributed by atoms with Crippen LogP contribution in [0.25, 0.3) is 0 Å². The van der Waals surface area contributed by atoms with Gasteiger partial charge >= 0.3 is 6.09 Å². The summed E-state index contributed by atoms with van der Waals surface area (Å²) in [6.07, 6.45) is 1.63. The van der Waals surface area contributed by atoms with Crippen molar-refractivity contribution in [1.29, 1.82) is 5.41 Å². The summed E-state index contributed by atoms with van der Waals surface area (Å²) in [5.74, 6) is 0.220. The number of piperazine rings is 1. The highest BCUT2D eigenvalue weighted by Crippen LogP contribution is 2.14. The van der Waals surface area contributed by atoms with Crippen molar-refractivity contribution >= 4 is 11.9 Å². The third-order valence-electron chi connectivity index (χ3n) is 3.33. The molecule has 0 aromatic carbocycles. The van der Waals surface area contributed by atoms with Crippen LogP contribution in [0.5, 0.6) is 0 Å². The first-order valence-corrected chi connectivity index (χ1v) is 7.30. The quantitative estimate of drug-likeness (QED) is 0.607. The molecule has 0 radical (unpaired) electrons. The van der Waals surface area contributed by atoms with Gasteiger partial charge in [0.25, 0.3) is 0 Å². The van der Waals surface area contributed by atoms with E-state index >= 15 is 0 Å². The second-order valence-electron chi connectivity index (χ2n) is 6.26. The van der Waals surface area contributed by atoms with Crippen LogP contribution >= 0.6 is 0 Å².